The molecule has 0 saturated carbocycles. The Labute approximate surface area is 227 Å². The lowest BCUT2D eigenvalue weighted by Gasteiger charge is -2.36. The number of likely N-dealkylation sites (tertiary alicyclic amines) is 1. The van der Waals surface area contributed by atoms with Gasteiger partial charge in [-0.15, -0.1) is 0 Å². The molecule has 3 aliphatic rings. The minimum absolute atomic E-state index is 0.0539. The Morgan fingerprint density at radius 3 is 2.41 bits per heavy atom. The number of fused-ring (bicyclic) bond motifs is 2. The second-order valence-corrected chi connectivity index (χ2v) is 11.2. The smallest absolute Gasteiger partial charge is 0.250 e. The number of aliphatic hydroxyl groups is 1. The highest BCUT2D eigenvalue weighted by Crippen LogP contribution is 2.65. The Bertz CT molecular complexity index is 1440. The lowest BCUT2D eigenvalue weighted by Crippen LogP contribution is -2.54. The molecule has 3 heterocycles. The van der Waals surface area contributed by atoms with E-state index in [2.05, 4.69) is 10.6 Å². The van der Waals surface area contributed by atoms with E-state index in [1.54, 1.807) is 12.1 Å². The van der Waals surface area contributed by atoms with Gasteiger partial charge in [-0.05, 0) is 60.7 Å². The van der Waals surface area contributed by atoms with E-state index in [0.29, 0.717) is 24.2 Å². The number of ether oxygens (including phenoxy) is 1. The molecule has 2 bridgehead atoms. The van der Waals surface area contributed by atoms with Gasteiger partial charge in [-0.1, -0.05) is 55.5 Å². The first-order valence-corrected chi connectivity index (χ1v) is 13.6. The van der Waals surface area contributed by atoms with Crippen molar-refractivity contribution in [2.24, 2.45) is 17.8 Å². The molecule has 3 N–H and O–H groups in total. The fourth-order valence-electron chi connectivity index (χ4n) is 7.14. The van der Waals surface area contributed by atoms with Gasteiger partial charge in [-0.2, -0.15) is 0 Å². The van der Waals surface area contributed by atoms with Gasteiger partial charge in [0.15, 0.2) is 0 Å². The summed E-state index contributed by atoms with van der Waals surface area (Å²) in [6, 6.07) is 21.8. The Hall–Kier alpha value is -3.75. The number of nitrogens with one attached hydrogen (secondary N) is 2. The predicted octanol–water partition coefficient (Wildman–Crippen LogP) is 3.81. The van der Waals surface area contributed by atoms with Crippen LogP contribution in [0.15, 0.2) is 72.8 Å². The zero-order chi connectivity index (χ0) is 27.4. The third-order valence-electron chi connectivity index (χ3n) is 8.96. The molecule has 8 nitrogen and oxygen atoms in total. The Morgan fingerprint density at radius 2 is 1.67 bits per heavy atom. The number of hydrogen-bond acceptors (Lipinski definition) is 5. The fourth-order valence-corrected chi connectivity index (χ4v) is 7.14. The third kappa shape index (κ3) is 3.93. The first-order chi connectivity index (χ1) is 18.8. The Kier molecular flexibility index (Phi) is 6.19. The summed E-state index contributed by atoms with van der Waals surface area (Å²) in [6.07, 6.45) is 0.808. The normalized spacial score (nSPS) is 30.9. The van der Waals surface area contributed by atoms with Gasteiger partial charge in [0.05, 0.1) is 17.4 Å². The van der Waals surface area contributed by atoms with Gasteiger partial charge in [0.25, 0.3) is 0 Å². The van der Waals surface area contributed by atoms with Crippen LogP contribution in [0.5, 0.6) is 0 Å². The van der Waals surface area contributed by atoms with Gasteiger partial charge in [0, 0.05) is 24.5 Å². The molecular formula is C31H33N3O5. The van der Waals surface area contributed by atoms with Crippen molar-refractivity contribution < 1.29 is 24.2 Å². The van der Waals surface area contributed by atoms with Crippen LogP contribution in [0, 0.1) is 17.8 Å². The van der Waals surface area contributed by atoms with Crippen LogP contribution in [-0.4, -0.2) is 58.1 Å². The maximum absolute atomic E-state index is 14.0. The van der Waals surface area contributed by atoms with Crippen molar-refractivity contribution in [1.29, 1.82) is 0 Å². The van der Waals surface area contributed by atoms with Crippen LogP contribution >= 0.6 is 0 Å². The number of carbonyl (C=O) groups is 3. The number of hydrogen-bond donors (Lipinski definition) is 3. The number of nitrogens with zero attached hydrogens (tertiary/aromatic N) is 1. The van der Waals surface area contributed by atoms with Crippen LogP contribution < -0.4 is 10.6 Å². The van der Waals surface area contributed by atoms with Crippen LogP contribution in [0.25, 0.3) is 10.8 Å². The topological polar surface area (TPSA) is 108 Å². The van der Waals surface area contributed by atoms with E-state index in [4.69, 9.17) is 4.74 Å². The van der Waals surface area contributed by atoms with Gasteiger partial charge in [-0.25, -0.2) is 0 Å². The number of rotatable bonds is 7. The number of aliphatic hydroxyl groups excluding tert-OH is 1. The summed E-state index contributed by atoms with van der Waals surface area (Å²) in [7, 11) is 0. The number of benzene rings is 3. The van der Waals surface area contributed by atoms with E-state index in [1.807, 2.05) is 74.5 Å². The first kappa shape index (κ1) is 25.5. The molecule has 3 aromatic carbocycles. The van der Waals surface area contributed by atoms with Gasteiger partial charge in [0.1, 0.15) is 11.6 Å². The van der Waals surface area contributed by atoms with Gasteiger partial charge < -0.3 is 25.4 Å². The van der Waals surface area contributed by atoms with Crippen LogP contribution in [0.1, 0.15) is 26.7 Å². The standard InChI is InChI=1S/C31H33N3O5/c1-19-18-31-25(24(30(19,2)39-31)27(36)32-22-11-4-3-5-12-22)29(38)34(15-8-16-35)26(31)28(37)33-23-14-13-20-9-6-7-10-21(20)17-23/h3-7,9-14,17,19,24-26,35H,8,15-16,18H2,1-2H3,(H,32,36)(H,33,37)/t19?,24-,25-,26?,30+,31?/m0/s1. The molecule has 3 saturated heterocycles. The summed E-state index contributed by atoms with van der Waals surface area (Å²) in [5, 5.41) is 17.6. The molecule has 3 aliphatic heterocycles. The summed E-state index contributed by atoms with van der Waals surface area (Å²) in [5.41, 5.74) is -0.772. The predicted molar refractivity (Wildman–Crippen MR) is 148 cm³/mol. The average Bonchev–Trinajstić information content (AvgIpc) is 3.44. The molecule has 3 fully saturated rings. The lowest BCUT2D eigenvalue weighted by atomic mass is 9.62. The van der Waals surface area contributed by atoms with Crippen LogP contribution in [0.4, 0.5) is 11.4 Å². The zero-order valence-corrected chi connectivity index (χ0v) is 22.1. The fraction of sp³-hybridized carbons (Fsp3) is 0.387. The molecule has 3 amide bonds. The molecule has 202 valence electrons. The van der Waals surface area contributed by atoms with Gasteiger partial charge in [0.2, 0.25) is 17.7 Å². The third-order valence-corrected chi connectivity index (χ3v) is 8.96. The number of carbonyl (C=O) groups excluding carboxylic acids is 3. The van der Waals surface area contributed by atoms with Gasteiger partial charge >= 0.3 is 0 Å². The quantitative estimate of drug-likeness (QED) is 0.433. The van der Waals surface area contributed by atoms with E-state index in [9.17, 15) is 19.5 Å². The summed E-state index contributed by atoms with van der Waals surface area (Å²) in [6.45, 7) is 3.99. The van der Waals surface area contributed by atoms with E-state index >= 15 is 0 Å². The highest BCUT2D eigenvalue weighted by molar-refractivity contribution is 6.06. The molecule has 3 aromatic rings. The Morgan fingerprint density at radius 1 is 0.974 bits per heavy atom. The molecule has 6 atom stereocenters. The van der Waals surface area contributed by atoms with E-state index < -0.39 is 29.1 Å². The maximum Gasteiger partial charge on any atom is 0.250 e. The van der Waals surface area contributed by atoms with E-state index in [-0.39, 0.29) is 36.8 Å². The van der Waals surface area contributed by atoms with E-state index in [1.165, 1.54) is 4.90 Å². The zero-order valence-electron chi connectivity index (χ0n) is 22.1. The first-order valence-electron chi connectivity index (χ1n) is 13.6. The molecule has 39 heavy (non-hydrogen) atoms. The molecule has 0 radical (unpaired) electrons. The van der Waals surface area contributed by atoms with Crippen LogP contribution in [-0.2, 0) is 19.1 Å². The molecule has 6 rings (SSSR count). The molecule has 1 spiro atoms. The minimum atomic E-state index is -1.14. The van der Waals surface area contributed by atoms with Crippen molar-refractivity contribution in [2.75, 3.05) is 23.8 Å². The molecule has 0 aliphatic carbocycles. The summed E-state index contributed by atoms with van der Waals surface area (Å²) < 4.78 is 6.73. The lowest BCUT2D eigenvalue weighted by molar-refractivity contribution is -0.144. The Balaban J connectivity index is 1.36. The van der Waals surface area contributed by atoms with Crippen molar-refractivity contribution in [1.82, 2.24) is 4.90 Å². The second kappa shape index (κ2) is 9.47. The minimum Gasteiger partial charge on any atom is -0.396 e. The average molecular weight is 528 g/mol. The monoisotopic (exact) mass is 527 g/mol. The highest BCUT2D eigenvalue weighted by atomic mass is 16.5. The van der Waals surface area contributed by atoms with Crippen molar-refractivity contribution in [2.45, 2.75) is 43.9 Å². The summed E-state index contributed by atoms with van der Waals surface area (Å²) in [5.74, 6) is -2.52. The molecule has 3 unspecified atom stereocenters. The van der Waals surface area contributed by atoms with Crippen molar-refractivity contribution in [3.63, 3.8) is 0 Å². The van der Waals surface area contributed by atoms with Crippen LogP contribution in [0.2, 0.25) is 0 Å². The van der Waals surface area contributed by atoms with Crippen LogP contribution in [0.3, 0.4) is 0 Å². The van der Waals surface area contributed by atoms with Crippen molar-refractivity contribution in [3.05, 3.63) is 72.8 Å². The number of para-hydroxylation sites is 1. The molecular weight excluding hydrogens is 494 g/mol. The van der Waals surface area contributed by atoms with E-state index in [0.717, 1.165) is 10.8 Å². The highest BCUT2D eigenvalue weighted by Gasteiger charge is 2.79. The van der Waals surface area contributed by atoms with Gasteiger partial charge in [-0.3, -0.25) is 14.4 Å². The maximum atomic E-state index is 14.0. The van der Waals surface area contributed by atoms with Crippen molar-refractivity contribution >= 4 is 39.9 Å². The summed E-state index contributed by atoms with van der Waals surface area (Å²) in [4.78, 5) is 43.3. The molecule has 8 heteroatoms. The summed E-state index contributed by atoms with van der Waals surface area (Å²) >= 11 is 0. The largest absolute Gasteiger partial charge is 0.396 e. The van der Waals surface area contributed by atoms with Crippen molar-refractivity contribution in [3.8, 4) is 0 Å². The SMILES string of the molecule is CC1CC23O[C@@]1(C)[C@H](C(=O)Nc1ccccc1)[C@H]2C(=O)N(CCCO)C3C(=O)Nc1ccc2ccccc2c1. The second-order valence-electron chi connectivity index (χ2n) is 11.2. The molecule has 0 aromatic heterocycles. The number of anilines is 2. The number of amides is 3.